The van der Waals surface area contributed by atoms with Crippen LogP contribution >= 0.6 is 0 Å². The monoisotopic (exact) mass is 282 g/mol. The topological polar surface area (TPSA) is 74.5 Å². The maximum absolute atomic E-state index is 11.6. The third-order valence-corrected chi connectivity index (χ3v) is 3.62. The molecule has 0 spiro atoms. The van der Waals surface area contributed by atoms with Gasteiger partial charge >= 0.3 is 11.9 Å². The second kappa shape index (κ2) is 6.83. The number of rotatable bonds is 5. The van der Waals surface area contributed by atoms with E-state index in [0.717, 1.165) is 25.7 Å². The zero-order valence-electron chi connectivity index (χ0n) is 12.2. The molecule has 0 atom stereocenters. The van der Waals surface area contributed by atoms with Crippen LogP contribution in [-0.4, -0.2) is 29.3 Å². The molecule has 6 nitrogen and oxygen atoms in total. The first-order valence-electron chi connectivity index (χ1n) is 7.37. The summed E-state index contributed by atoms with van der Waals surface area (Å²) in [5, 5.41) is 3.96. The number of carbonyl (C=O) groups excluding carboxylic acids is 1. The molecule has 2 rings (SSSR count). The second-order valence-electron chi connectivity index (χ2n) is 4.99. The Hall–Kier alpha value is -1.43. The van der Waals surface area contributed by atoms with E-state index in [9.17, 15) is 4.79 Å². The van der Waals surface area contributed by atoms with E-state index < -0.39 is 11.6 Å². The molecule has 20 heavy (non-hydrogen) atoms. The molecule has 1 aromatic rings. The van der Waals surface area contributed by atoms with Crippen LogP contribution in [0.25, 0.3) is 0 Å². The fourth-order valence-corrected chi connectivity index (χ4v) is 2.69. The fraction of sp³-hybridized carbons (Fsp3) is 0.786. The Kier molecular flexibility index (Phi) is 5.11. The summed E-state index contributed by atoms with van der Waals surface area (Å²) in [7, 11) is 0. The van der Waals surface area contributed by atoms with E-state index in [-0.39, 0.29) is 12.5 Å². The van der Waals surface area contributed by atoms with Crippen molar-refractivity contribution in [3.05, 3.63) is 11.7 Å². The van der Waals surface area contributed by atoms with Crippen LogP contribution in [0.1, 0.15) is 68.9 Å². The second-order valence-corrected chi connectivity index (χ2v) is 4.99. The fourth-order valence-electron chi connectivity index (χ4n) is 2.69. The van der Waals surface area contributed by atoms with Gasteiger partial charge < -0.3 is 14.0 Å². The summed E-state index contributed by atoms with van der Waals surface area (Å²) in [6, 6.07) is 0. The molecular weight excluding hydrogens is 260 g/mol. The van der Waals surface area contributed by atoms with E-state index in [1.54, 1.807) is 6.92 Å². The van der Waals surface area contributed by atoms with Crippen LogP contribution in [0.15, 0.2) is 4.52 Å². The highest BCUT2D eigenvalue weighted by molar-refractivity contribution is 5.83. The smallest absolute Gasteiger partial charge is 0.397 e. The molecule has 0 unspecified atom stereocenters. The Morgan fingerprint density at radius 2 is 1.90 bits per heavy atom. The number of carbonyl (C=O) groups is 1. The molecule has 0 N–H and O–H groups in total. The Bertz CT molecular complexity index is 436. The Morgan fingerprint density at radius 3 is 2.50 bits per heavy atom. The minimum atomic E-state index is -0.577. The van der Waals surface area contributed by atoms with Gasteiger partial charge in [-0.25, -0.2) is 4.79 Å². The summed E-state index contributed by atoms with van der Waals surface area (Å²) in [4.78, 5) is 15.8. The van der Waals surface area contributed by atoms with Crippen molar-refractivity contribution in [1.29, 1.82) is 0 Å². The van der Waals surface area contributed by atoms with Crippen LogP contribution in [0.2, 0.25) is 0 Å². The maximum atomic E-state index is 11.6. The Labute approximate surface area is 118 Å². The Balaban J connectivity index is 2.22. The molecule has 0 amide bonds. The largest absolute Gasteiger partial charge is 0.459 e. The first kappa shape index (κ1) is 15.0. The summed E-state index contributed by atoms with van der Waals surface area (Å²) in [5.74, 6) is -0.194. The average molecular weight is 282 g/mol. The molecule has 1 fully saturated rings. The van der Waals surface area contributed by atoms with Crippen molar-refractivity contribution in [2.75, 3.05) is 13.2 Å². The number of hydrogen-bond donors (Lipinski definition) is 0. The third-order valence-electron chi connectivity index (χ3n) is 3.62. The lowest BCUT2D eigenvalue weighted by molar-refractivity contribution is -0.0636. The molecule has 0 bridgehead atoms. The molecule has 0 radical (unpaired) electrons. The van der Waals surface area contributed by atoms with Crippen LogP contribution in [0.4, 0.5) is 0 Å². The minimum absolute atomic E-state index is 0.0924. The number of hydrogen-bond acceptors (Lipinski definition) is 6. The van der Waals surface area contributed by atoms with Crippen LogP contribution in [0, 0.1) is 0 Å². The molecule has 1 aliphatic carbocycles. The first-order valence-corrected chi connectivity index (χ1v) is 7.37. The van der Waals surface area contributed by atoms with Gasteiger partial charge in [0, 0.05) is 6.61 Å². The summed E-state index contributed by atoms with van der Waals surface area (Å²) in [6.45, 7) is 4.57. The van der Waals surface area contributed by atoms with E-state index in [2.05, 4.69) is 10.1 Å². The van der Waals surface area contributed by atoms with E-state index in [0.29, 0.717) is 12.4 Å². The quantitative estimate of drug-likeness (QED) is 0.610. The first-order chi connectivity index (χ1) is 9.72. The van der Waals surface area contributed by atoms with Gasteiger partial charge in [0.15, 0.2) is 0 Å². The zero-order valence-corrected chi connectivity index (χ0v) is 12.2. The van der Waals surface area contributed by atoms with Crippen molar-refractivity contribution in [2.24, 2.45) is 0 Å². The SMILES string of the molecule is CCOC(=O)c1nc(C2(OCC)CCCCCC2)no1. The van der Waals surface area contributed by atoms with Crippen molar-refractivity contribution in [2.45, 2.75) is 58.0 Å². The number of ether oxygens (including phenoxy) is 2. The summed E-state index contributed by atoms with van der Waals surface area (Å²) < 4.78 is 15.9. The number of aromatic nitrogens is 2. The van der Waals surface area contributed by atoms with E-state index in [1.807, 2.05) is 6.92 Å². The molecule has 1 aliphatic rings. The normalized spacial score (nSPS) is 18.5. The zero-order chi connectivity index (χ0) is 14.4. The van der Waals surface area contributed by atoms with Crippen LogP contribution in [0.5, 0.6) is 0 Å². The molecule has 1 saturated carbocycles. The summed E-state index contributed by atoms with van der Waals surface area (Å²) in [5.41, 5.74) is -0.514. The number of nitrogens with zero attached hydrogens (tertiary/aromatic N) is 2. The molecule has 112 valence electrons. The van der Waals surface area contributed by atoms with Crippen molar-refractivity contribution in [1.82, 2.24) is 10.1 Å². The van der Waals surface area contributed by atoms with Crippen molar-refractivity contribution in [3.8, 4) is 0 Å². The number of esters is 1. The lowest BCUT2D eigenvalue weighted by Crippen LogP contribution is -2.31. The molecule has 0 aliphatic heterocycles. The lowest BCUT2D eigenvalue weighted by atomic mass is 9.93. The van der Waals surface area contributed by atoms with Crippen LogP contribution in [-0.2, 0) is 15.1 Å². The molecule has 0 aromatic carbocycles. The van der Waals surface area contributed by atoms with Gasteiger partial charge in [0.2, 0.25) is 5.82 Å². The summed E-state index contributed by atoms with van der Waals surface area (Å²) in [6.07, 6.45) is 6.26. The standard InChI is InChI=1S/C14H22N2O4/c1-3-18-12(17)11-15-13(16-20-11)14(19-4-2)9-7-5-6-8-10-14/h3-10H2,1-2H3. The van der Waals surface area contributed by atoms with Gasteiger partial charge in [-0.3, -0.25) is 0 Å². The van der Waals surface area contributed by atoms with Gasteiger partial charge in [-0.1, -0.05) is 30.8 Å². The highest BCUT2D eigenvalue weighted by Gasteiger charge is 2.39. The predicted molar refractivity (Wildman–Crippen MR) is 71.3 cm³/mol. The maximum Gasteiger partial charge on any atom is 0.397 e. The van der Waals surface area contributed by atoms with Crippen molar-refractivity contribution >= 4 is 5.97 Å². The van der Waals surface area contributed by atoms with Gasteiger partial charge in [-0.15, -0.1) is 0 Å². The van der Waals surface area contributed by atoms with E-state index >= 15 is 0 Å². The Morgan fingerprint density at radius 1 is 1.20 bits per heavy atom. The van der Waals surface area contributed by atoms with E-state index in [1.165, 1.54) is 12.8 Å². The highest BCUT2D eigenvalue weighted by atomic mass is 16.6. The lowest BCUT2D eigenvalue weighted by Gasteiger charge is -2.29. The van der Waals surface area contributed by atoms with Crippen molar-refractivity contribution in [3.63, 3.8) is 0 Å². The van der Waals surface area contributed by atoms with Gasteiger partial charge in [0.05, 0.1) is 6.61 Å². The van der Waals surface area contributed by atoms with Gasteiger partial charge in [0.1, 0.15) is 5.60 Å². The summed E-state index contributed by atoms with van der Waals surface area (Å²) >= 11 is 0. The van der Waals surface area contributed by atoms with E-state index in [4.69, 9.17) is 14.0 Å². The van der Waals surface area contributed by atoms with Crippen molar-refractivity contribution < 1.29 is 18.8 Å². The van der Waals surface area contributed by atoms with Gasteiger partial charge in [-0.05, 0) is 26.7 Å². The molecule has 0 saturated heterocycles. The molecule has 1 heterocycles. The molecule has 6 heteroatoms. The van der Waals surface area contributed by atoms with Crippen LogP contribution < -0.4 is 0 Å². The van der Waals surface area contributed by atoms with Gasteiger partial charge in [0.25, 0.3) is 0 Å². The predicted octanol–water partition coefficient (Wildman–Crippen LogP) is 2.83. The van der Waals surface area contributed by atoms with Crippen LogP contribution in [0.3, 0.4) is 0 Å². The van der Waals surface area contributed by atoms with Gasteiger partial charge in [-0.2, -0.15) is 4.98 Å². The third kappa shape index (κ3) is 3.17. The molecule has 1 aromatic heterocycles. The average Bonchev–Trinajstić information content (AvgIpc) is 2.82. The highest BCUT2D eigenvalue weighted by Crippen LogP contribution is 2.37. The molecular formula is C14H22N2O4. The minimum Gasteiger partial charge on any atom is -0.459 e.